The normalized spacial score (nSPS) is 17.5. The lowest BCUT2D eigenvalue weighted by Crippen LogP contribution is -2.41. The molecule has 0 saturated carbocycles. The lowest BCUT2D eigenvalue weighted by Gasteiger charge is -2.27. The molecule has 1 aliphatic rings. The highest BCUT2D eigenvalue weighted by molar-refractivity contribution is 7.87. The monoisotopic (exact) mass is 517 g/mol. The van der Waals surface area contributed by atoms with Gasteiger partial charge in [0.25, 0.3) is 5.91 Å². The molecule has 0 aliphatic carbocycles. The molecule has 4 aromatic rings. The number of rotatable bonds is 6. The maximum atomic E-state index is 14.8. The van der Waals surface area contributed by atoms with Gasteiger partial charge >= 0.3 is 10.1 Å². The predicted octanol–water partition coefficient (Wildman–Crippen LogP) is 3.08. The number of halogens is 1. The molecule has 11 heteroatoms. The molecule has 1 aromatic heterocycles. The van der Waals surface area contributed by atoms with Crippen LogP contribution in [0, 0.1) is 5.82 Å². The SMILES string of the molecule is CN1C(=O)C(c2ccc(OS(=O)(=O)c3ccccc3)cc2)(c2ccc(F)c(-c3cncnc3)c2)N=C1N. The number of amides is 1. The van der Waals surface area contributed by atoms with Gasteiger partial charge < -0.3 is 9.92 Å². The first-order chi connectivity index (χ1) is 17.7. The smallest absolute Gasteiger partial charge is 0.339 e. The van der Waals surface area contributed by atoms with Gasteiger partial charge in [-0.2, -0.15) is 8.42 Å². The molecule has 2 heterocycles. The van der Waals surface area contributed by atoms with Crippen LogP contribution >= 0.6 is 0 Å². The molecule has 9 nitrogen and oxygen atoms in total. The fourth-order valence-electron chi connectivity index (χ4n) is 4.11. The molecule has 1 aliphatic heterocycles. The highest BCUT2D eigenvalue weighted by atomic mass is 32.2. The molecule has 1 atom stereocenters. The van der Waals surface area contributed by atoms with Gasteiger partial charge in [0.05, 0.1) is 0 Å². The summed E-state index contributed by atoms with van der Waals surface area (Å²) in [6.45, 7) is 0. The van der Waals surface area contributed by atoms with E-state index < -0.39 is 27.4 Å². The summed E-state index contributed by atoms with van der Waals surface area (Å²) in [7, 11) is -2.57. The first-order valence-corrected chi connectivity index (χ1v) is 12.4. The molecule has 5 rings (SSSR count). The minimum atomic E-state index is -4.06. The van der Waals surface area contributed by atoms with E-state index in [0.29, 0.717) is 16.7 Å². The number of aliphatic imine (C=N–C) groups is 1. The van der Waals surface area contributed by atoms with Crippen LogP contribution in [0.15, 0.2) is 101 Å². The van der Waals surface area contributed by atoms with Crippen LogP contribution in [0.4, 0.5) is 4.39 Å². The van der Waals surface area contributed by atoms with Crippen LogP contribution in [-0.2, 0) is 20.5 Å². The van der Waals surface area contributed by atoms with Crippen molar-refractivity contribution in [3.05, 3.63) is 108 Å². The van der Waals surface area contributed by atoms with Crippen LogP contribution < -0.4 is 9.92 Å². The Hall–Kier alpha value is -4.64. The van der Waals surface area contributed by atoms with Crippen molar-refractivity contribution in [3.8, 4) is 16.9 Å². The molecular formula is C26H20FN5O4S. The minimum Gasteiger partial charge on any atom is -0.379 e. The number of nitrogens with zero attached hydrogens (tertiary/aromatic N) is 4. The van der Waals surface area contributed by atoms with Crippen molar-refractivity contribution >= 4 is 22.0 Å². The third kappa shape index (κ3) is 4.19. The lowest BCUT2D eigenvalue weighted by molar-refractivity contribution is -0.129. The van der Waals surface area contributed by atoms with E-state index in [4.69, 9.17) is 9.92 Å². The van der Waals surface area contributed by atoms with Crippen LogP contribution in [0.3, 0.4) is 0 Å². The quantitative estimate of drug-likeness (QED) is 0.389. The van der Waals surface area contributed by atoms with Crippen LogP contribution in [0.2, 0.25) is 0 Å². The maximum absolute atomic E-state index is 14.8. The Morgan fingerprint density at radius 3 is 2.22 bits per heavy atom. The molecule has 37 heavy (non-hydrogen) atoms. The largest absolute Gasteiger partial charge is 0.379 e. The Morgan fingerprint density at radius 1 is 0.946 bits per heavy atom. The van der Waals surface area contributed by atoms with Gasteiger partial charge in [-0.05, 0) is 47.5 Å². The number of likely N-dealkylation sites (N-methyl/N-ethyl adjacent to an activating group) is 1. The molecule has 186 valence electrons. The summed E-state index contributed by atoms with van der Waals surface area (Å²) < 4.78 is 45.2. The van der Waals surface area contributed by atoms with E-state index in [2.05, 4.69) is 15.0 Å². The summed E-state index contributed by atoms with van der Waals surface area (Å²) in [6.07, 6.45) is 4.25. The summed E-state index contributed by atoms with van der Waals surface area (Å²) in [5.74, 6) is -0.970. The third-order valence-electron chi connectivity index (χ3n) is 6.01. The molecule has 0 fully saturated rings. The summed E-state index contributed by atoms with van der Waals surface area (Å²) in [6, 6.07) is 17.8. The average molecular weight is 518 g/mol. The van der Waals surface area contributed by atoms with E-state index in [1.54, 1.807) is 18.2 Å². The topological polar surface area (TPSA) is 128 Å². The summed E-state index contributed by atoms with van der Waals surface area (Å²) in [5, 5.41) is 0. The molecule has 0 saturated heterocycles. The number of hydrogen-bond donors (Lipinski definition) is 1. The van der Waals surface area contributed by atoms with Crippen LogP contribution in [0.5, 0.6) is 5.75 Å². The van der Waals surface area contributed by atoms with E-state index in [-0.39, 0.29) is 22.2 Å². The summed E-state index contributed by atoms with van der Waals surface area (Å²) >= 11 is 0. The molecular weight excluding hydrogens is 497 g/mol. The highest BCUT2D eigenvalue weighted by Crippen LogP contribution is 2.41. The number of carbonyl (C=O) groups excluding carboxylic acids is 1. The number of aromatic nitrogens is 2. The number of hydrogen-bond acceptors (Lipinski definition) is 8. The van der Waals surface area contributed by atoms with Crippen molar-refractivity contribution < 1.29 is 21.8 Å². The molecule has 1 amide bonds. The van der Waals surface area contributed by atoms with E-state index in [0.717, 1.165) is 0 Å². The number of benzene rings is 3. The van der Waals surface area contributed by atoms with Gasteiger partial charge in [0.1, 0.15) is 22.8 Å². The Morgan fingerprint density at radius 2 is 1.59 bits per heavy atom. The number of guanidine groups is 1. The summed E-state index contributed by atoms with van der Waals surface area (Å²) in [4.78, 5) is 27.1. The van der Waals surface area contributed by atoms with Gasteiger partial charge in [-0.25, -0.2) is 19.4 Å². The zero-order valence-corrected chi connectivity index (χ0v) is 20.3. The van der Waals surface area contributed by atoms with Gasteiger partial charge in [-0.15, -0.1) is 0 Å². The second-order valence-corrected chi connectivity index (χ2v) is 9.79. The van der Waals surface area contributed by atoms with Gasteiger partial charge in [-0.1, -0.05) is 36.4 Å². The van der Waals surface area contributed by atoms with Gasteiger partial charge in [0.15, 0.2) is 11.5 Å². The molecule has 0 radical (unpaired) electrons. The summed E-state index contributed by atoms with van der Waals surface area (Å²) in [5.41, 5.74) is 5.75. The zero-order chi connectivity index (χ0) is 26.2. The molecule has 2 N–H and O–H groups in total. The molecule has 0 spiro atoms. The second-order valence-electron chi connectivity index (χ2n) is 8.24. The lowest BCUT2D eigenvalue weighted by atomic mass is 9.81. The van der Waals surface area contributed by atoms with Crippen molar-refractivity contribution in [2.45, 2.75) is 10.4 Å². The molecule has 1 unspecified atom stereocenters. The molecule has 0 bridgehead atoms. The first kappa shape index (κ1) is 24.1. The van der Waals surface area contributed by atoms with Crippen LogP contribution in [-0.4, -0.2) is 42.2 Å². The maximum Gasteiger partial charge on any atom is 0.339 e. The zero-order valence-electron chi connectivity index (χ0n) is 19.4. The van der Waals surface area contributed by atoms with Crippen LogP contribution in [0.25, 0.3) is 11.1 Å². The predicted molar refractivity (Wildman–Crippen MR) is 133 cm³/mol. The Labute approximate surface area is 212 Å². The first-order valence-electron chi connectivity index (χ1n) is 11.0. The number of carbonyl (C=O) groups is 1. The van der Waals surface area contributed by atoms with Gasteiger partial charge in [-0.3, -0.25) is 9.69 Å². The Kier molecular flexibility index (Phi) is 5.92. The third-order valence-corrected chi connectivity index (χ3v) is 7.27. The minimum absolute atomic E-state index is 0.00393. The van der Waals surface area contributed by atoms with Crippen molar-refractivity contribution in [1.82, 2.24) is 14.9 Å². The van der Waals surface area contributed by atoms with Crippen LogP contribution in [0.1, 0.15) is 11.1 Å². The molecule has 3 aromatic carbocycles. The van der Waals surface area contributed by atoms with Crippen molar-refractivity contribution in [2.75, 3.05) is 7.05 Å². The fraction of sp³-hybridized carbons (Fsp3) is 0.0769. The fourth-order valence-corrected chi connectivity index (χ4v) is 5.06. The highest BCUT2D eigenvalue weighted by Gasteiger charge is 2.49. The van der Waals surface area contributed by atoms with Crippen molar-refractivity contribution in [1.29, 1.82) is 0 Å². The van der Waals surface area contributed by atoms with Crippen molar-refractivity contribution in [3.63, 3.8) is 0 Å². The second kappa shape index (κ2) is 9.10. The van der Waals surface area contributed by atoms with E-state index in [9.17, 15) is 17.6 Å². The average Bonchev–Trinajstić information content (AvgIpc) is 3.15. The van der Waals surface area contributed by atoms with Gasteiger partial charge in [0, 0.05) is 30.6 Å². The Bertz CT molecular complexity index is 1610. The van der Waals surface area contributed by atoms with Crippen molar-refractivity contribution in [2.24, 2.45) is 10.7 Å². The van der Waals surface area contributed by atoms with E-state index >= 15 is 0 Å². The number of nitrogens with two attached hydrogens (primary N) is 1. The van der Waals surface area contributed by atoms with Gasteiger partial charge in [0.2, 0.25) is 0 Å². The Balaban J connectivity index is 1.58. The van der Waals surface area contributed by atoms with E-state index in [1.807, 2.05) is 0 Å². The standard InChI is InChI=1S/C26H20FN5O4S/c1-32-24(33)26(31-25(32)28,19-9-12-23(27)22(13-19)17-14-29-16-30-15-17)18-7-10-20(11-8-18)36-37(34,35)21-5-3-2-4-6-21/h2-16H,1H3,(H2,28,31). The van der Waals surface area contributed by atoms with E-state index in [1.165, 1.54) is 85.3 Å².